The average molecular weight is 254 g/mol. The first-order valence-corrected chi connectivity index (χ1v) is 6.56. The van der Waals surface area contributed by atoms with Gasteiger partial charge in [-0.25, -0.2) is 9.59 Å². The highest BCUT2D eigenvalue weighted by Crippen LogP contribution is 2.25. The number of ether oxygens (including phenoxy) is 2. The van der Waals surface area contributed by atoms with Crippen molar-refractivity contribution in [1.29, 1.82) is 0 Å². The van der Waals surface area contributed by atoms with Crippen LogP contribution in [0.2, 0.25) is 0 Å². The maximum atomic E-state index is 11.7. The van der Waals surface area contributed by atoms with Crippen molar-refractivity contribution in [3.8, 4) is 0 Å². The fraction of sp³-hybridized carbons (Fsp3) is 0.714. The van der Waals surface area contributed by atoms with Crippen molar-refractivity contribution in [3.05, 3.63) is 12.2 Å². The molecule has 1 rings (SSSR count). The molecule has 1 aliphatic carbocycles. The van der Waals surface area contributed by atoms with Crippen LogP contribution in [0, 0.1) is 5.92 Å². The minimum atomic E-state index is -0.840. The van der Waals surface area contributed by atoms with Gasteiger partial charge in [-0.3, -0.25) is 0 Å². The number of carbonyl (C=O) groups excluding carboxylic acids is 2. The Bertz CT molecular complexity index is 314. The molecular weight excluding hydrogens is 232 g/mol. The zero-order valence-electron chi connectivity index (χ0n) is 11.3. The smallest absolute Gasteiger partial charge is 0.347 e. The zero-order valence-corrected chi connectivity index (χ0v) is 11.3. The van der Waals surface area contributed by atoms with Gasteiger partial charge in [-0.15, -0.1) is 0 Å². The lowest BCUT2D eigenvalue weighted by Crippen LogP contribution is -2.31. The van der Waals surface area contributed by atoms with Crippen molar-refractivity contribution in [2.45, 2.75) is 58.7 Å². The van der Waals surface area contributed by atoms with Gasteiger partial charge in [-0.1, -0.05) is 13.0 Å². The molecule has 4 heteroatoms. The largest absolute Gasteiger partial charge is 0.460 e. The van der Waals surface area contributed by atoms with Gasteiger partial charge >= 0.3 is 11.9 Å². The van der Waals surface area contributed by atoms with Crippen LogP contribution in [0.5, 0.6) is 0 Å². The molecule has 0 aromatic heterocycles. The molecule has 0 bridgehead atoms. The van der Waals surface area contributed by atoms with E-state index in [1.54, 1.807) is 13.0 Å². The molecule has 1 fully saturated rings. The van der Waals surface area contributed by atoms with Crippen LogP contribution in [-0.2, 0) is 19.1 Å². The van der Waals surface area contributed by atoms with Gasteiger partial charge in [0.25, 0.3) is 0 Å². The van der Waals surface area contributed by atoms with Gasteiger partial charge in [0.1, 0.15) is 6.10 Å². The maximum absolute atomic E-state index is 11.7. The van der Waals surface area contributed by atoms with E-state index in [1.165, 1.54) is 13.0 Å². The van der Waals surface area contributed by atoms with Crippen molar-refractivity contribution in [2.24, 2.45) is 5.92 Å². The molecule has 0 spiro atoms. The van der Waals surface area contributed by atoms with Crippen molar-refractivity contribution < 1.29 is 19.1 Å². The topological polar surface area (TPSA) is 52.6 Å². The van der Waals surface area contributed by atoms with Crippen LogP contribution in [0.1, 0.15) is 46.5 Å². The summed E-state index contributed by atoms with van der Waals surface area (Å²) in [5.41, 5.74) is 0. The number of rotatable bonds is 4. The third-order valence-electron chi connectivity index (χ3n) is 3.17. The summed E-state index contributed by atoms with van der Waals surface area (Å²) in [6.07, 6.45) is 5.99. The van der Waals surface area contributed by atoms with Crippen LogP contribution in [0.3, 0.4) is 0 Å². The van der Waals surface area contributed by atoms with E-state index < -0.39 is 18.0 Å². The fourth-order valence-electron chi connectivity index (χ4n) is 2.01. The van der Waals surface area contributed by atoms with Crippen LogP contribution in [0.15, 0.2) is 12.2 Å². The highest BCUT2D eigenvalue weighted by atomic mass is 16.6. The molecule has 1 aliphatic rings. The molecule has 4 nitrogen and oxygen atoms in total. The number of hydrogen-bond acceptors (Lipinski definition) is 4. The minimum absolute atomic E-state index is 0.0171. The Hall–Kier alpha value is -1.32. The first-order chi connectivity index (χ1) is 8.52. The van der Waals surface area contributed by atoms with E-state index in [-0.39, 0.29) is 6.10 Å². The van der Waals surface area contributed by atoms with Gasteiger partial charge < -0.3 is 9.47 Å². The molecule has 0 saturated heterocycles. The Labute approximate surface area is 108 Å². The van der Waals surface area contributed by atoms with Gasteiger partial charge in [-0.2, -0.15) is 0 Å². The Morgan fingerprint density at radius 2 is 1.83 bits per heavy atom. The summed E-state index contributed by atoms with van der Waals surface area (Å²) >= 11 is 0. The molecule has 0 aromatic carbocycles. The molecule has 0 aromatic rings. The monoisotopic (exact) mass is 254 g/mol. The van der Waals surface area contributed by atoms with E-state index in [0.29, 0.717) is 5.92 Å². The Morgan fingerprint density at radius 3 is 2.39 bits per heavy atom. The van der Waals surface area contributed by atoms with Crippen molar-refractivity contribution in [1.82, 2.24) is 0 Å². The van der Waals surface area contributed by atoms with E-state index in [1.807, 2.05) is 0 Å². The number of esters is 2. The molecular formula is C14H22O4. The van der Waals surface area contributed by atoms with Crippen LogP contribution in [0.25, 0.3) is 0 Å². The van der Waals surface area contributed by atoms with E-state index in [0.717, 1.165) is 25.7 Å². The lowest BCUT2D eigenvalue weighted by Gasteiger charge is -2.26. The van der Waals surface area contributed by atoms with Crippen LogP contribution in [0.4, 0.5) is 0 Å². The molecule has 0 N–H and O–H groups in total. The minimum Gasteiger partial charge on any atom is -0.460 e. The molecule has 1 saturated carbocycles. The third kappa shape index (κ3) is 4.90. The van der Waals surface area contributed by atoms with Crippen LogP contribution < -0.4 is 0 Å². The first kappa shape index (κ1) is 14.7. The summed E-state index contributed by atoms with van der Waals surface area (Å²) in [5, 5.41) is 0. The van der Waals surface area contributed by atoms with Crippen molar-refractivity contribution in [3.63, 3.8) is 0 Å². The second-order valence-electron chi connectivity index (χ2n) is 4.90. The fourth-order valence-corrected chi connectivity index (χ4v) is 2.01. The van der Waals surface area contributed by atoms with E-state index in [9.17, 15) is 9.59 Å². The van der Waals surface area contributed by atoms with Crippen LogP contribution >= 0.6 is 0 Å². The first-order valence-electron chi connectivity index (χ1n) is 6.56. The summed E-state index contributed by atoms with van der Waals surface area (Å²) < 4.78 is 10.3. The quantitative estimate of drug-likeness (QED) is 0.571. The lowest BCUT2D eigenvalue weighted by molar-refractivity contribution is -0.169. The Balaban J connectivity index is 2.33. The Morgan fingerprint density at radius 1 is 1.22 bits per heavy atom. The molecule has 0 aliphatic heterocycles. The van der Waals surface area contributed by atoms with Crippen LogP contribution in [-0.4, -0.2) is 24.1 Å². The average Bonchev–Trinajstić information content (AvgIpc) is 2.32. The molecule has 102 valence electrons. The maximum Gasteiger partial charge on any atom is 0.347 e. The van der Waals surface area contributed by atoms with Crippen molar-refractivity contribution in [2.75, 3.05) is 0 Å². The van der Waals surface area contributed by atoms with Gasteiger partial charge in [0, 0.05) is 6.08 Å². The second kappa shape index (κ2) is 7.19. The van der Waals surface area contributed by atoms with Gasteiger partial charge in [-0.05, 0) is 45.4 Å². The summed E-state index contributed by atoms with van der Waals surface area (Å²) in [4.78, 5) is 22.9. The van der Waals surface area contributed by atoms with Gasteiger partial charge in [0.05, 0.1) is 0 Å². The molecule has 1 atom stereocenters. The SMILES string of the molecule is C/C=C/C(=O)OC(C)C(=O)OC1CCC(C)CC1. The predicted molar refractivity (Wildman–Crippen MR) is 67.9 cm³/mol. The molecule has 0 radical (unpaired) electrons. The number of carbonyl (C=O) groups is 2. The molecule has 1 unspecified atom stereocenters. The second-order valence-corrected chi connectivity index (χ2v) is 4.90. The molecule has 0 heterocycles. The summed E-state index contributed by atoms with van der Waals surface area (Å²) in [6.45, 7) is 5.46. The van der Waals surface area contributed by atoms with Gasteiger partial charge in [0.2, 0.25) is 0 Å². The lowest BCUT2D eigenvalue weighted by atomic mass is 9.89. The summed E-state index contributed by atoms with van der Waals surface area (Å²) in [5.74, 6) is -0.253. The van der Waals surface area contributed by atoms with E-state index in [2.05, 4.69) is 6.92 Å². The van der Waals surface area contributed by atoms with E-state index >= 15 is 0 Å². The molecule has 18 heavy (non-hydrogen) atoms. The summed E-state index contributed by atoms with van der Waals surface area (Å²) in [6, 6.07) is 0. The predicted octanol–water partition coefficient (Wildman–Crippen LogP) is 2.62. The highest BCUT2D eigenvalue weighted by molar-refractivity contribution is 5.85. The number of allylic oxidation sites excluding steroid dienone is 1. The summed E-state index contributed by atoms with van der Waals surface area (Å²) in [7, 11) is 0. The number of hydrogen-bond donors (Lipinski definition) is 0. The molecule has 0 amide bonds. The zero-order chi connectivity index (χ0) is 13.5. The standard InChI is InChI=1S/C14H22O4/c1-4-5-13(15)17-11(3)14(16)18-12-8-6-10(2)7-9-12/h4-5,10-12H,6-9H2,1-3H3/b5-4+. The van der Waals surface area contributed by atoms with E-state index in [4.69, 9.17) is 9.47 Å². The van der Waals surface area contributed by atoms with Crippen molar-refractivity contribution >= 4 is 11.9 Å². The normalized spacial score (nSPS) is 25.7. The Kier molecular flexibility index (Phi) is 5.89. The third-order valence-corrected chi connectivity index (χ3v) is 3.17. The highest BCUT2D eigenvalue weighted by Gasteiger charge is 2.25. The van der Waals surface area contributed by atoms with Gasteiger partial charge in [0.15, 0.2) is 6.10 Å².